The summed E-state index contributed by atoms with van der Waals surface area (Å²) in [5.41, 5.74) is 1.88. The number of hydrogen-bond acceptors (Lipinski definition) is 6. The highest BCUT2D eigenvalue weighted by Crippen LogP contribution is 2.23. The number of methoxy groups -OCH3 is 2. The second-order valence-electron chi connectivity index (χ2n) is 5.62. The van der Waals surface area contributed by atoms with Gasteiger partial charge in [0.25, 0.3) is 5.91 Å². The Bertz CT molecular complexity index is 913. The molecule has 3 aromatic rings. The minimum atomic E-state index is -0.339. The van der Waals surface area contributed by atoms with Gasteiger partial charge >= 0.3 is 0 Å². The van der Waals surface area contributed by atoms with Crippen molar-refractivity contribution < 1.29 is 14.3 Å². The monoisotopic (exact) mass is 364 g/mol. The Morgan fingerprint density at radius 2 is 1.78 bits per heavy atom. The maximum absolute atomic E-state index is 12.5. The quantitative estimate of drug-likeness (QED) is 0.669. The number of aromatic nitrogens is 2. The number of amides is 1. The fraction of sp³-hybridized carbons (Fsp3) is 0.150. The van der Waals surface area contributed by atoms with Gasteiger partial charge in [-0.1, -0.05) is 24.3 Å². The first kappa shape index (κ1) is 18.2. The Morgan fingerprint density at radius 1 is 1.00 bits per heavy atom. The van der Waals surface area contributed by atoms with Crippen molar-refractivity contribution in [2.45, 2.75) is 6.54 Å². The second kappa shape index (κ2) is 8.66. The SMILES string of the molecule is COc1ccc(CNc2nccc(C(=O)Nc3ccccc3OC)n2)cc1. The summed E-state index contributed by atoms with van der Waals surface area (Å²) in [6, 6.07) is 16.4. The zero-order valence-corrected chi connectivity index (χ0v) is 15.1. The van der Waals surface area contributed by atoms with Crippen molar-refractivity contribution in [3.63, 3.8) is 0 Å². The van der Waals surface area contributed by atoms with Gasteiger partial charge in [-0.2, -0.15) is 0 Å². The highest BCUT2D eigenvalue weighted by molar-refractivity contribution is 6.03. The van der Waals surface area contributed by atoms with Crippen molar-refractivity contribution in [3.05, 3.63) is 72.1 Å². The predicted molar refractivity (Wildman–Crippen MR) is 103 cm³/mol. The third-order valence-corrected chi connectivity index (χ3v) is 3.85. The van der Waals surface area contributed by atoms with Crippen LogP contribution in [-0.2, 0) is 6.54 Å². The smallest absolute Gasteiger partial charge is 0.274 e. The maximum Gasteiger partial charge on any atom is 0.274 e. The zero-order valence-electron chi connectivity index (χ0n) is 15.1. The number of rotatable bonds is 7. The molecule has 0 aliphatic carbocycles. The molecule has 1 heterocycles. The number of para-hydroxylation sites is 2. The van der Waals surface area contributed by atoms with Gasteiger partial charge in [0.05, 0.1) is 19.9 Å². The van der Waals surface area contributed by atoms with Crippen molar-refractivity contribution >= 4 is 17.5 Å². The first-order valence-corrected chi connectivity index (χ1v) is 8.34. The fourth-order valence-electron chi connectivity index (χ4n) is 2.43. The first-order valence-electron chi connectivity index (χ1n) is 8.34. The van der Waals surface area contributed by atoms with E-state index in [1.807, 2.05) is 36.4 Å². The lowest BCUT2D eigenvalue weighted by molar-refractivity contribution is 0.102. The van der Waals surface area contributed by atoms with Crippen LogP contribution in [0.4, 0.5) is 11.6 Å². The summed E-state index contributed by atoms with van der Waals surface area (Å²) >= 11 is 0. The van der Waals surface area contributed by atoms with E-state index in [0.29, 0.717) is 23.9 Å². The number of nitrogens with one attached hydrogen (secondary N) is 2. The molecule has 0 bridgehead atoms. The van der Waals surface area contributed by atoms with Crippen LogP contribution in [0.15, 0.2) is 60.8 Å². The Morgan fingerprint density at radius 3 is 2.52 bits per heavy atom. The third-order valence-electron chi connectivity index (χ3n) is 3.85. The molecule has 0 aliphatic heterocycles. The van der Waals surface area contributed by atoms with E-state index in [2.05, 4.69) is 20.6 Å². The Labute approximate surface area is 157 Å². The maximum atomic E-state index is 12.5. The summed E-state index contributed by atoms with van der Waals surface area (Å²) < 4.78 is 10.4. The molecule has 3 rings (SSSR count). The highest BCUT2D eigenvalue weighted by Gasteiger charge is 2.11. The van der Waals surface area contributed by atoms with E-state index in [9.17, 15) is 4.79 Å². The molecule has 7 heteroatoms. The first-order chi connectivity index (χ1) is 13.2. The van der Waals surface area contributed by atoms with Gasteiger partial charge in [0.15, 0.2) is 0 Å². The molecule has 0 fully saturated rings. The normalized spacial score (nSPS) is 10.1. The van der Waals surface area contributed by atoms with E-state index < -0.39 is 0 Å². The minimum Gasteiger partial charge on any atom is -0.497 e. The number of benzene rings is 2. The van der Waals surface area contributed by atoms with E-state index in [1.165, 1.54) is 0 Å². The van der Waals surface area contributed by atoms with Crippen molar-refractivity contribution in [3.8, 4) is 11.5 Å². The van der Waals surface area contributed by atoms with E-state index in [-0.39, 0.29) is 11.6 Å². The average Bonchev–Trinajstić information content (AvgIpc) is 2.73. The predicted octanol–water partition coefficient (Wildman–Crippen LogP) is 3.36. The van der Waals surface area contributed by atoms with Crippen LogP contribution in [-0.4, -0.2) is 30.1 Å². The molecule has 7 nitrogen and oxygen atoms in total. The molecule has 1 amide bonds. The van der Waals surface area contributed by atoms with Gasteiger partial charge < -0.3 is 20.1 Å². The summed E-state index contributed by atoms with van der Waals surface area (Å²) in [4.78, 5) is 20.9. The van der Waals surface area contributed by atoms with Gasteiger partial charge in [0.1, 0.15) is 17.2 Å². The van der Waals surface area contributed by atoms with E-state index in [4.69, 9.17) is 9.47 Å². The molecule has 0 atom stereocenters. The van der Waals surface area contributed by atoms with E-state index >= 15 is 0 Å². The Balaban J connectivity index is 1.66. The molecule has 2 aromatic carbocycles. The van der Waals surface area contributed by atoms with Gasteiger partial charge in [-0.3, -0.25) is 4.79 Å². The average molecular weight is 364 g/mol. The van der Waals surface area contributed by atoms with Gasteiger partial charge in [-0.05, 0) is 35.9 Å². The number of anilines is 2. The van der Waals surface area contributed by atoms with Crippen LogP contribution in [0.1, 0.15) is 16.1 Å². The van der Waals surface area contributed by atoms with Crippen LogP contribution in [0.25, 0.3) is 0 Å². The van der Waals surface area contributed by atoms with Crippen molar-refractivity contribution in [1.82, 2.24) is 9.97 Å². The molecule has 27 heavy (non-hydrogen) atoms. The summed E-state index contributed by atoms with van der Waals surface area (Å²) in [6.45, 7) is 0.529. The number of carbonyl (C=O) groups excluding carboxylic acids is 1. The lowest BCUT2D eigenvalue weighted by Gasteiger charge is -2.10. The highest BCUT2D eigenvalue weighted by atomic mass is 16.5. The Kier molecular flexibility index (Phi) is 5.84. The summed E-state index contributed by atoms with van der Waals surface area (Å²) in [6.07, 6.45) is 1.54. The van der Waals surface area contributed by atoms with Crippen LogP contribution in [0.3, 0.4) is 0 Å². The minimum absolute atomic E-state index is 0.258. The van der Waals surface area contributed by atoms with Crippen LogP contribution >= 0.6 is 0 Å². The molecule has 0 saturated heterocycles. The molecule has 0 aliphatic rings. The van der Waals surface area contributed by atoms with Gasteiger partial charge in [0.2, 0.25) is 5.95 Å². The molecular formula is C20H20N4O3. The van der Waals surface area contributed by atoms with E-state index in [0.717, 1.165) is 11.3 Å². The fourth-order valence-corrected chi connectivity index (χ4v) is 2.43. The summed E-state index contributed by atoms with van der Waals surface area (Å²) in [7, 11) is 3.18. The number of carbonyl (C=O) groups is 1. The standard InChI is InChI=1S/C20H20N4O3/c1-26-15-9-7-14(8-10-15)13-22-20-21-12-11-17(24-20)19(25)23-16-5-3-4-6-18(16)27-2/h3-12H,13H2,1-2H3,(H,23,25)(H,21,22,24). The molecule has 1 aromatic heterocycles. The summed E-state index contributed by atoms with van der Waals surface area (Å²) in [5.74, 6) is 1.41. The van der Waals surface area contributed by atoms with Crippen LogP contribution in [0.2, 0.25) is 0 Å². The Hall–Kier alpha value is -3.61. The van der Waals surface area contributed by atoms with Crippen LogP contribution < -0.4 is 20.1 Å². The van der Waals surface area contributed by atoms with E-state index in [1.54, 1.807) is 38.6 Å². The molecule has 0 radical (unpaired) electrons. The molecule has 0 spiro atoms. The molecule has 2 N–H and O–H groups in total. The third kappa shape index (κ3) is 4.72. The largest absolute Gasteiger partial charge is 0.497 e. The zero-order chi connectivity index (χ0) is 19.1. The molecular weight excluding hydrogens is 344 g/mol. The number of hydrogen-bond donors (Lipinski definition) is 2. The van der Waals surface area contributed by atoms with Crippen LogP contribution in [0.5, 0.6) is 11.5 Å². The molecule has 0 saturated carbocycles. The lowest BCUT2D eigenvalue weighted by Crippen LogP contribution is -2.15. The van der Waals surface area contributed by atoms with Gasteiger partial charge in [-0.15, -0.1) is 0 Å². The van der Waals surface area contributed by atoms with Crippen molar-refractivity contribution in [2.75, 3.05) is 24.9 Å². The topological polar surface area (TPSA) is 85.4 Å². The van der Waals surface area contributed by atoms with Crippen molar-refractivity contribution in [2.24, 2.45) is 0 Å². The van der Waals surface area contributed by atoms with Crippen LogP contribution in [0, 0.1) is 0 Å². The number of ether oxygens (including phenoxy) is 2. The summed E-state index contributed by atoms with van der Waals surface area (Å²) in [5, 5.41) is 5.91. The molecule has 0 unspecified atom stereocenters. The van der Waals surface area contributed by atoms with Gasteiger partial charge in [-0.25, -0.2) is 9.97 Å². The van der Waals surface area contributed by atoms with Crippen molar-refractivity contribution in [1.29, 1.82) is 0 Å². The van der Waals surface area contributed by atoms with Gasteiger partial charge in [0, 0.05) is 12.7 Å². The number of nitrogens with zero attached hydrogens (tertiary/aromatic N) is 2. The lowest BCUT2D eigenvalue weighted by atomic mass is 10.2. The second-order valence-corrected chi connectivity index (χ2v) is 5.62. The molecule has 138 valence electrons.